The SMILES string of the molecule is CC(C)(C)c1ccc(C(=O)N2CCN(C(=O)c3ccc(Br)o3)CC2)cc1. The second-order valence-corrected chi connectivity index (χ2v) is 8.30. The number of furan rings is 1. The maximum absolute atomic E-state index is 12.7. The zero-order valence-electron chi connectivity index (χ0n) is 15.3. The Kier molecular flexibility index (Phi) is 5.23. The van der Waals surface area contributed by atoms with Gasteiger partial charge >= 0.3 is 0 Å². The highest BCUT2D eigenvalue weighted by molar-refractivity contribution is 9.10. The molecule has 0 atom stereocenters. The van der Waals surface area contributed by atoms with E-state index in [4.69, 9.17) is 4.42 Å². The molecule has 0 N–H and O–H groups in total. The predicted molar refractivity (Wildman–Crippen MR) is 103 cm³/mol. The molecule has 2 heterocycles. The summed E-state index contributed by atoms with van der Waals surface area (Å²) in [6.45, 7) is 8.50. The Morgan fingerprint density at radius 2 is 1.42 bits per heavy atom. The molecule has 1 aromatic heterocycles. The standard InChI is InChI=1S/C20H23BrN2O3/c1-20(2,3)15-6-4-14(5-7-15)18(24)22-10-12-23(13-11-22)19(25)16-8-9-17(21)26-16/h4-9H,10-13H2,1-3H3. The van der Waals surface area contributed by atoms with Crippen molar-refractivity contribution >= 4 is 27.7 Å². The van der Waals surface area contributed by atoms with Crippen LogP contribution in [0.5, 0.6) is 0 Å². The van der Waals surface area contributed by atoms with E-state index < -0.39 is 0 Å². The third kappa shape index (κ3) is 4.01. The topological polar surface area (TPSA) is 53.8 Å². The third-order valence-electron chi connectivity index (χ3n) is 4.64. The fourth-order valence-corrected chi connectivity index (χ4v) is 3.30. The van der Waals surface area contributed by atoms with Gasteiger partial charge in [-0.2, -0.15) is 0 Å². The van der Waals surface area contributed by atoms with E-state index in [-0.39, 0.29) is 17.2 Å². The largest absolute Gasteiger partial charge is 0.444 e. The van der Waals surface area contributed by atoms with Crippen LogP contribution in [0.15, 0.2) is 45.5 Å². The zero-order valence-corrected chi connectivity index (χ0v) is 16.9. The van der Waals surface area contributed by atoms with Crippen molar-refractivity contribution in [2.24, 2.45) is 0 Å². The Balaban J connectivity index is 1.61. The van der Waals surface area contributed by atoms with E-state index >= 15 is 0 Å². The Bertz CT molecular complexity index is 797. The van der Waals surface area contributed by atoms with Crippen LogP contribution in [0.2, 0.25) is 0 Å². The number of piperazine rings is 1. The van der Waals surface area contributed by atoms with Gasteiger partial charge in [0.25, 0.3) is 11.8 Å². The normalized spacial score (nSPS) is 15.2. The zero-order chi connectivity index (χ0) is 18.9. The fraction of sp³-hybridized carbons (Fsp3) is 0.400. The first kappa shape index (κ1) is 18.7. The van der Waals surface area contributed by atoms with Gasteiger partial charge < -0.3 is 14.2 Å². The summed E-state index contributed by atoms with van der Waals surface area (Å²) in [7, 11) is 0. The summed E-state index contributed by atoms with van der Waals surface area (Å²) in [5.74, 6) is 0.185. The fourth-order valence-electron chi connectivity index (χ4n) is 2.99. The number of hydrogen-bond donors (Lipinski definition) is 0. The summed E-state index contributed by atoms with van der Waals surface area (Å²) >= 11 is 3.21. The van der Waals surface area contributed by atoms with Crippen molar-refractivity contribution in [1.82, 2.24) is 9.80 Å². The lowest BCUT2D eigenvalue weighted by atomic mass is 9.86. The maximum atomic E-state index is 12.7. The summed E-state index contributed by atoms with van der Waals surface area (Å²) in [5, 5.41) is 0. The average Bonchev–Trinajstić information content (AvgIpc) is 3.06. The van der Waals surface area contributed by atoms with Gasteiger partial charge in [-0.1, -0.05) is 32.9 Å². The number of benzene rings is 1. The third-order valence-corrected chi connectivity index (χ3v) is 5.06. The summed E-state index contributed by atoms with van der Waals surface area (Å²) < 4.78 is 5.86. The Labute approximate surface area is 162 Å². The van der Waals surface area contributed by atoms with Crippen LogP contribution < -0.4 is 0 Å². The van der Waals surface area contributed by atoms with Crippen molar-refractivity contribution in [1.29, 1.82) is 0 Å². The minimum absolute atomic E-state index is 0.0123. The Hall–Kier alpha value is -2.08. The minimum atomic E-state index is -0.141. The molecular formula is C20H23BrN2O3. The number of hydrogen-bond acceptors (Lipinski definition) is 3. The molecule has 1 fully saturated rings. The van der Waals surface area contributed by atoms with Gasteiger partial charge in [-0.25, -0.2) is 0 Å². The maximum Gasteiger partial charge on any atom is 0.289 e. The molecule has 2 aromatic rings. The van der Waals surface area contributed by atoms with E-state index in [1.807, 2.05) is 24.3 Å². The molecule has 1 aliphatic heterocycles. The van der Waals surface area contributed by atoms with Gasteiger partial charge in [-0.3, -0.25) is 9.59 Å². The first-order valence-electron chi connectivity index (χ1n) is 8.70. The summed E-state index contributed by atoms with van der Waals surface area (Å²) in [4.78, 5) is 28.6. The first-order valence-corrected chi connectivity index (χ1v) is 9.49. The molecule has 2 amide bonds. The molecule has 0 spiro atoms. The highest BCUT2D eigenvalue weighted by Gasteiger charge is 2.27. The quantitative estimate of drug-likeness (QED) is 0.741. The number of carbonyl (C=O) groups excluding carboxylic acids is 2. The number of nitrogens with zero attached hydrogens (tertiary/aromatic N) is 2. The smallest absolute Gasteiger partial charge is 0.289 e. The van der Waals surface area contributed by atoms with Crippen LogP contribution in [-0.4, -0.2) is 47.8 Å². The predicted octanol–water partition coefficient (Wildman–Crippen LogP) is 3.94. The highest BCUT2D eigenvalue weighted by Crippen LogP contribution is 2.23. The van der Waals surface area contributed by atoms with Gasteiger partial charge in [-0.15, -0.1) is 0 Å². The molecule has 1 aromatic carbocycles. The van der Waals surface area contributed by atoms with Crippen LogP contribution in [0, 0.1) is 0 Å². The Morgan fingerprint density at radius 1 is 0.885 bits per heavy atom. The molecular weight excluding hydrogens is 396 g/mol. The first-order chi connectivity index (χ1) is 12.3. The van der Waals surface area contributed by atoms with Crippen LogP contribution >= 0.6 is 15.9 Å². The molecule has 6 heteroatoms. The van der Waals surface area contributed by atoms with Gasteiger partial charge in [0.15, 0.2) is 10.4 Å². The van der Waals surface area contributed by atoms with Crippen LogP contribution in [0.25, 0.3) is 0 Å². The van der Waals surface area contributed by atoms with Gasteiger partial charge in [0.1, 0.15) is 0 Å². The van der Waals surface area contributed by atoms with Gasteiger partial charge in [0.05, 0.1) is 0 Å². The second kappa shape index (κ2) is 7.27. The summed E-state index contributed by atoms with van der Waals surface area (Å²) in [6, 6.07) is 11.2. The molecule has 0 radical (unpaired) electrons. The van der Waals surface area contributed by atoms with Crippen LogP contribution in [0.1, 0.15) is 47.2 Å². The molecule has 3 rings (SSSR count). The summed E-state index contributed by atoms with van der Waals surface area (Å²) in [6.07, 6.45) is 0. The molecule has 5 nitrogen and oxygen atoms in total. The van der Waals surface area contributed by atoms with E-state index in [1.165, 1.54) is 5.56 Å². The van der Waals surface area contributed by atoms with Crippen LogP contribution in [0.4, 0.5) is 0 Å². The molecule has 1 aliphatic rings. The molecule has 0 bridgehead atoms. The number of halogens is 1. The van der Waals surface area contributed by atoms with E-state index in [9.17, 15) is 9.59 Å². The van der Waals surface area contributed by atoms with E-state index in [2.05, 4.69) is 36.7 Å². The second-order valence-electron chi connectivity index (χ2n) is 7.52. The molecule has 26 heavy (non-hydrogen) atoms. The van der Waals surface area contributed by atoms with Crippen LogP contribution in [0.3, 0.4) is 0 Å². The average molecular weight is 419 g/mol. The lowest BCUT2D eigenvalue weighted by molar-refractivity contribution is 0.0517. The van der Waals surface area contributed by atoms with Gasteiger partial charge in [-0.05, 0) is 51.2 Å². The number of carbonyl (C=O) groups is 2. The highest BCUT2D eigenvalue weighted by atomic mass is 79.9. The lowest BCUT2D eigenvalue weighted by Crippen LogP contribution is -2.50. The molecule has 1 saturated heterocycles. The van der Waals surface area contributed by atoms with Crippen molar-refractivity contribution < 1.29 is 14.0 Å². The monoisotopic (exact) mass is 418 g/mol. The van der Waals surface area contributed by atoms with Crippen LogP contribution in [-0.2, 0) is 5.41 Å². The van der Waals surface area contributed by atoms with Crippen molar-refractivity contribution in [3.63, 3.8) is 0 Å². The van der Waals surface area contributed by atoms with Crippen molar-refractivity contribution in [2.45, 2.75) is 26.2 Å². The van der Waals surface area contributed by atoms with Crippen molar-refractivity contribution in [3.05, 3.63) is 58.0 Å². The molecule has 0 saturated carbocycles. The molecule has 138 valence electrons. The van der Waals surface area contributed by atoms with E-state index in [1.54, 1.807) is 21.9 Å². The summed E-state index contributed by atoms with van der Waals surface area (Å²) in [5.41, 5.74) is 1.95. The van der Waals surface area contributed by atoms with E-state index in [0.29, 0.717) is 42.2 Å². The minimum Gasteiger partial charge on any atom is -0.444 e. The van der Waals surface area contributed by atoms with E-state index in [0.717, 1.165) is 0 Å². The van der Waals surface area contributed by atoms with Crippen molar-refractivity contribution in [3.8, 4) is 0 Å². The Morgan fingerprint density at radius 3 is 1.88 bits per heavy atom. The van der Waals surface area contributed by atoms with Gasteiger partial charge in [0.2, 0.25) is 0 Å². The number of amides is 2. The van der Waals surface area contributed by atoms with Crippen molar-refractivity contribution in [2.75, 3.05) is 26.2 Å². The molecule has 0 unspecified atom stereocenters. The lowest BCUT2D eigenvalue weighted by Gasteiger charge is -2.34. The number of rotatable bonds is 2. The molecule has 0 aliphatic carbocycles. The van der Waals surface area contributed by atoms with Gasteiger partial charge in [0, 0.05) is 31.7 Å².